The van der Waals surface area contributed by atoms with Crippen molar-refractivity contribution in [1.29, 1.82) is 0 Å². The minimum absolute atomic E-state index is 0.0269. The number of amides is 1. The summed E-state index contributed by atoms with van der Waals surface area (Å²) < 4.78 is 27.7. The summed E-state index contributed by atoms with van der Waals surface area (Å²) in [4.78, 5) is 27.3. The Morgan fingerprint density at radius 3 is 2.48 bits per heavy atom. The zero-order chi connectivity index (χ0) is 28.4. The van der Waals surface area contributed by atoms with Gasteiger partial charge < -0.3 is 36.5 Å². The Balaban J connectivity index is 1.32. The Bertz CT molecular complexity index is 1500. The zero-order valence-corrected chi connectivity index (χ0v) is 22.1. The minimum Gasteiger partial charge on any atom is -0.503 e. The fourth-order valence-electron chi connectivity index (χ4n) is 4.78. The molecule has 7 N–H and O–H groups in total. The van der Waals surface area contributed by atoms with Gasteiger partial charge in [-0.05, 0) is 43.0 Å². The van der Waals surface area contributed by atoms with Crippen molar-refractivity contribution in [2.24, 2.45) is 5.73 Å². The second-order valence-corrected chi connectivity index (χ2v) is 10.2. The summed E-state index contributed by atoms with van der Waals surface area (Å²) >= 11 is 5.99. The fraction of sp³-hybridized carbons (Fsp3) is 0.296. The molecular formula is C27H28ClF2N7O3. The van der Waals surface area contributed by atoms with Crippen molar-refractivity contribution in [2.45, 2.75) is 30.8 Å². The second-order valence-electron chi connectivity index (χ2n) is 9.76. The Kier molecular flexibility index (Phi) is 7.74. The highest BCUT2D eigenvalue weighted by Gasteiger charge is 2.39. The van der Waals surface area contributed by atoms with Crippen molar-refractivity contribution in [3.63, 3.8) is 0 Å². The predicted octanol–water partition coefficient (Wildman–Crippen LogP) is 3.88. The number of hydrogen-bond acceptors (Lipinski definition) is 8. The van der Waals surface area contributed by atoms with Gasteiger partial charge in [-0.15, -0.1) is 0 Å². The third-order valence-electron chi connectivity index (χ3n) is 7.07. The molecule has 10 nitrogen and oxygen atoms in total. The number of carbonyl (C=O) groups excluding carboxylic acids is 1. The molecular weight excluding hydrogens is 544 g/mol. The van der Waals surface area contributed by atoms with Gasteiger partial charge in [-0.3, -0.25) is 4.79 Å². The summed E-state index contributed by atoms with van der Waals surface area (Å²) in [6.45, 7) is 0.711. The van der Waals surface area contributed by atoms with E-state index >= 15 is 0 Å². The van der Waals surface area contributed by atoms with Crippen molar-refractivity contribution in [3.8, 4) is 5.75 Å². The molecule has 1 aliphatic rings. The van der Waals surface area contributed by atoms with Crippen LogP contribution >= 0.6 is 11.6 Å². The number of aliphatic hydroxyl groups is 1. The van der Waals surface area contributed by atoms with Crippen LogP contribution in [0.2, 0.25) is 5.02 Å². The van der Waals surface area contributed by atoms with Crippen molar-refractivity contribution < 1.29 is 23.8 Å². The van der Waals surface area contributed by atoms with Crippen LogP contribution in [-0.2, 0) is 4.79 Å². The summed E-state index contributed by atoms with van der Waals surface area (Å²) in [6, 6.07) is 10.3. The van der Waals surface area contributed by atoms with Crippen LogP contribution in [0.15, 0.2) is 48.7 Å². The molecule has 13 heteroatoms. The Morgan fingerprint density at radius 2 is 1.82 bits per heavy atom. The summed E-state index contributed by atoms with van der Waals surface area (Å²) in [7, 11) is 0. The van der Waals surface area contributed by atoms with E-state index in [0.717, 1.165) is 23.1 Å². The average Bonchev–Trinajstić information content (AvgIpc) is 3.41. The molecule has 40 heavy (non-hydrogen) atoms. The number of piperidine rings is 1. The normalized spacial score (nSPS) is 15.7. The molecule has 0 saturated carbocycles. The molecule has 3 heterocycles. The maximum atomic E-state index is 13.8. The molecule has 5 rings (SSSR count). The molecule has 1 aliphatic heterocycles. The van der Waals surface area contributed by atoms with E-state index in [1.54, 1.807) is 30.5 Å². The number of nitrogens with two attached hydrogens (primary N) is 1. The lowest BCUT2D eigenvalue weighted by Crippen LogP contribution is -2.60. The number of hydrogen-bond donors (Lipinski definition) is 6. The van der Waals surface area contributed by atoms with E-state index < -0.39 is 29.0 Å². The number of aromatic nitrogens is 3. The molecule has 210 valence electrons. The van der Waals surface area contributed by atoms with Gasteiger partial charge in [-0.2, -0.15) is 9.97 Å². The molecule has 2 aromatic heterocycles. The van der Waals surface area contributed by atoms with E-state index in [1.807, 2.05) is 11.0 Å². The number of aromatic hydroxyl groups is 1. The summed E-state index contributed by atoms with van der Waals surface area (Å²) in [6.07, 6.45) is 2.69. The highest BCUT2D eigenvalue weighted by Crippen LogP contribution is 2.32. The summed E-state index contributed by atoms with van der Waals surface area (Å²) in [5.74, 6) is -2.95. The molecule has 2 aromatic carbocycles. The third-order valence-corrected chi connectivity index (χ3v) is 7.32. The molecule has 4 aromatic rings. The first-order valence-electron chi connectivity index (χ1n) is 12.7. The van der Waals surface area contributed by atoms with Crippen molar-refractivity contribution in [2.75, 3.05) is 29.9 Å². The number of H-pyrrole nitrogens is 1. The number of carbonyl (C=O) groups is 1. The van der Waals surface area contributed by atoms with Crippen LogP contribution in [0.4, 0.5) is 26.2 Å². The predicted molar refractivity (Wildman–Crippen MR) is 148 cm³/mol. The number of nitrogens with zero attached hydrogens (tertiary/aromatic N) is 3. The Labute approximate surface area is 233 Å². The van der Waals surface area contributed by atoms with E-state index in [-0.39, 0.29) is 24.1 Å². The van der Waals surface area contributed by atoms with Crippen LogP contribution in [0.25, 0.3) is 11.0 Å². The lowest BCUT2D eigenvalue weighted by atomic mass is 9.87. The van der Waals surface area contributed by atoms with E-state index in [2.05, 4.69) is 25.6 Å². The van der Waals surface area contributed by atoms with Crippen molar-refractivity contribution in [3.05, 3.63) is 70.9 Å². The molecule has 0 bridgehead atoms. The van der Waals surface area contributed by atoms with Gasteiger partial charge in [0.25, 0.3) is 0 Å². The molecule has 1 fully saturated rings. The molecule has 0 unspecified atom stereocenters. The molecule has 1 atom stereocenters. The number of rotatable bonds is 8. The number of nitrogens with one attached hydrogen (secondary N) is 3. The van der Waals surface area contributed by atoms with Gasteiger partial charge in [-0.1, -0.05) is 23.7 Å². The number of halogens is 3. The van der Waals surface area contributed by atoms with Gasteiger partial charge in [0.2, 0.25) is 11.9 Å². The molecule has 1 amide bonds. The largest absolute Gasteiger partial charge is 0.503 e. The van der Waals surface area contributed by atoms with Crippen LogP contribution in [0, 0.1) is 11.6 Å². The van der Waals surface area contributed by atoms with Gasteiger partial charge in [-0.25, -0.2) is 8.78 Å². The van der Waals surface area contributed by atoms with E-state index in [0.29, 0.717) is 48.8 Å². The van der Waals surface area contributed by atoms with Crippen LogP contribution in [0.5, 0.6) is 5.75 Å². The number of anilines is 3. The Hall–Kier alpha value is -4.00. The van der Waals surface area contributed by atoms with Crippen LogP contribution in [0.1, 0.15) is 30.9 Å². The highest BCUT2D eigenvalue weighted by molar-refractivity contribution is 6.30. The van der Waals surface area contributed by atoms with E-state index in [4.69, 9.17) is 17.3 Å². The van der Waals surface area contributed by atoms with Gasteiger partial charge in [0, 0.05) is 48.7 Å². The fourth-order valence-corrected chi connectivity index (χ4v) is 4.91. The molecule has 0 radical (unpaired) electrons. The van der Waals surface area contributed by atoms with E-state index in [9.17, 15) is 23.8 Å². The first kappa shape index (κ1) is 27.6. The van der Waals surface area contributed by atoms with Crippen molar-refractivity contribution >= 4 is 46.0 Å². The number of benzene rings is 2. The average molecular weight is 572 g/mol. The summed E-state index contributed by atoms with van der Waals surface area (Å²) in [5, 5.41) is 26.0. The molecule has 1 saturated heterocycles. The standard InChI is InChI=1S/C27H28ClF2N7O3/c28-16-3-1-15(2-4-16)21(6-12-38)34-25(40)27(31)7-10-37(11-8-27)24-18-5-9-32-23(18)35-26(36-24)33-17-13-19(29)22(39)20(30)14-17/h1-5,9,13-14,21,38-39H,6-8,10-12,31H2,(H,34,40)(H2,32,33,35,36)/t21-/m1/s1. The SMILES string of the molecule is NC1(C(=O)N[C@H](CCO)c2ccc(Cl)cc2)CCN(c2nc(Nc3cc(F)c(O)c(F)c3)nc3[nH]ccc23)CC1. The second kappa shape index (κ2) is 11.2. The molecule has 0 aliphatic carbocycles. The van der Waals surface area contributed by atoms with Gasteiger partial charge in [0.05, 0.1) is 17.0 Å². The number of aliphatic hydroxyl groups excluding tert-OH is 1. The monoisotopic (exact) mass is 571 g/mol. The summed E-state index contributed by atoms with van der Waals surface area (Å²) in [5.41, 5.74) is 6.80. The number of aromatic amines is 1. The maximum Gasteiger partial charge on any atom is 0.240 e. The van der Waals surface area contributed by atoms with E-state index in [1.165, 1.54) is 0 Å². The first-order valence-corrected chi connectivity index (χ1v) is 13.1. The minimum atomic E-state index is -1.14. The first-order chi connectivity index (χ1) is 19.2. The van der Waals surface area contributed by atoms with Gasteiger partial charge in [0.15, 0.2) is 17.4 Å². The smallest absolute Gasteiger partial charge is 0.240 e. The number of phenolic OH excluding ortho intramolecular Hbond substituents is 1. The number of fused-ring (bicyclic) bond motifs is 1. The lowest BCUT2D eigenvalue weighted by Gasteiger charge is -2.39. The molecule has 0 spiro atoms. The lowest BCUT2D eigenvalue weighted by molar-refractivity contribution is -0.128. The Morgan fingerprint density at radius 1 is 1.15 bits per heavy atom. The van der Waals surface area contributed by atoms with Gasteiger partial charge in [0.1, 0.15) is 11.5 Å². The topological polar surface area (TPSA) is 152 Å². The quantitative estimate of drug-likeness (QED) is 0.174. The van der Waals surface area contributed by atoms with Crippen molar-refractivity contribution in [1.82, 2.24) is 20.3 Å². The van der Waals surface area contributed by atoms with Crippen LogP contribution in [0.3, 0.4) is 0 Å². The third kappa shape index (κ3) is 5.64. The van der Waals surface area contributed by atoms with Gasteiger partial charge >= 0.3 is 0 Å². The van der Waals surface area contributed by atoms with Crippen LogP contribution < -0.4 is 21.3 Å². The maximum absolute atomic E-state index is 13.8. The van der Waals surface area contributed by atoms with Crippen LogP contribution in [-0.4, -0.2) is 56.3 Å². The highest BCUT2D eigenvalue weighted by atomic mass is 35.5. The zero-order valence-electron chi connectivity index (χ0n) is 21.3. The number of phenols is 1.